The maximum absolute atomic E-state index is 6.10. The highest BCUT2D eigenvalue weighted by atomic mass is 16.5. The lowest BCUT2D eigenvalue weighted by atomic mass is 9.94. The fourth-order valence-electron chi connectivity index (χ4n) is 3.58. The molecule has 2 heteroatoms. The van der Waals surface area contributed by atoms with E-state index in [0.29, 0.717) is 0 Å². The van der Waals surface area contributed by atoms with Crippen LogP contribution in [-0.4, -0.2) is 31.1 Å². The Morgan fingerprint density at radius 2 is 1.54 bits per heavy atom. The Balaban J connectivity index is 1.68. The third-order valence-corrected chi connectivity index (χ3v) is 5.25. The van der Waals surface area contributed by atoms with E-state index in [1.807, 2.05) is 0 Å². The van der Waals surface area contributed by atoms with Crippen molar-refractivity contribution in [1.82, 2.24) is 4.90 Å². The van der Waals surface area contributed by atoms with Gasteiger partial charge in [-0.15, -0.1) is 0 Å². The van der Waals surface area contributed by atoms with Crippen LogP contribution in [0.3, 0.4) is 0 Å². The van der Waals surface area contributed by atoms with Crippen LogP contribution in [0, 0.1) is 20.8 Å². The first-order valence-electron chi connectivity index (χ1n) is 9.18. The molecule has 1 fully saturated rings. The molecular formula is C22H29NO. The third kappa shape index (κ3) is 3.81. The van der Waals surface area contributed by atoms with Crippen molar-refractivity contribution in [2.24, 2.45) is 0 Å². The molecule has 128 valence electrons. The fourth-order valence-corrected chi connectivity index (χ4v) is 3.58. The van der Waals surface area contributed by atoms with Crippen molar-refractivity contribution >= 4 is 0 Å². The van der Waals surface area contributed by atoms with Gasteiger partial charge < -0.3 is 9.64 Å². The van der Waals surface area contributed by atoms with Gasteiger partial charge in [0.2, 0.25) is 0 Å². The number of nitrogens with zero attached hydrogens (tertiary/aromatic N) is 1. The normalized spacial score (nSPS) is 15.0. The molecule has 2 nitrogen and oxygen atoms in total. The predicted molar refractivity (Wildman–Crippen MR) is 102 cm³/mol. The number of likely N-dealkylation sites (tertiary alicyclic amines) is 1. The first-order chi connectivity index (χ1) is 11.7. The molecule has 0 bridgehead atoms. The van der Waals surface area contributed by atoms with Gasteiger partial charge >= 0.3 is 0 Å². The van der Waals surface area contributed by atoms with Crippen molar-refractivity contribution in [1.29, 1.82) is 0 Å². The lowest BCUT2D eigenvalue weighted by Crippen LogP contribution is -2.22. The van der Waals surface area contributed by atoms with Gasteiger partial charge in [0, 0.05) is 6.54 Å². The Kier molecular flexibility index (Phi) is 5.57. The van der Waals surface area contributed by atoms with E-state index in [2.05, 4.69) is 62.1 Å². The van der Waals surface area contributed by atoms with Gasteiger partial charge in [0.05, 0.1) is 6.61 Å². The van der Waals surface area contributed by atoms with Crippen LogP contribution in [0.5, 0.6) is 5.75 Å². The highest BCUT2D eigenvalue weighted by molar-refractivity contribution is 5.73. The third-order valence-electron chi connectivity index (χ3n) is 5.25. The predicted octanol–water partition coefficient (Wildman–Crippen LogP) is 5.14. The van der Waals surface area contributed by atoms with E-state index in [1.165, 1.54) is 53.7 Å². The van der Waals surface area contributed by atoms with Gasteiger partial charge in [0.25, 0.3) is 0 Å². The van der Waals surface area contributed by atoms with Gasteiger partial charge in [0.1, 0.15) is 5.75 Å². The summed E-state index contributed by atoms with van der Waals surface area (Å²) >= 11 is 0. The summed E-state index contributed by atoms with van der Waals surface area (Å²) in [7, 11) is 0. The summed E-state index contributed by atoms with van der Waals surface area (Å²) in [4.78, 5) is 2.54. The van der Waals surface area contributed by atoms with Crippen LogP contribution in [-0.2, 0) is 0 Å². The topological polar surface area (TPSA) is 12.5 Å². The first kappa shape index (κ1) is 17.0. The van der Waals surface area contributed by atoms with Crippen LogP contribution in [0.4, 0.5) is 0 Å². The molecule has 0 unspecified atom stereocenters. The molecule has 2 aromatic rings. The van der Waals surface area contributed by atoms with Crippen molar-refractivity contribution < 1.29 is 4.74 Å². The van der Waals surface area contributed by atoms with E-state index in [9.17, 15) is 0 Å². The molecule has 0 radical (unpaired) electrons. The lowest BCUT2D eigenvalue weighted by molar-refractivity contribution is 0.262. The molecule has 1 heterocycles. The summed E-state index contributed by atoms with van der Waals surface area (Å²) in [5.41, 5.74) is 6.53. The van der Waals surface area contributed by atoms with Gasteiger partial charge in [-0.2, -0.15) is 0 Å². The van der Waals surface area contributed by atoms with Crippen molar-refractivity contribution in [3.63, 3.8) is 0 Å². The number of hydrogen-bond donors (Lipinski definition) is 0. The minimum Gasteiger partial charge on any atom is -0.493 e. The minimum absolute atomic E-state index is 0.799. The highest BCUT2D eigenvalue weighted by Crippen LogP contribution is 2.33. The smallest absolute Gasteiger partial charge is 0.122 e. The lowest BCUT2D eigenvalue weighted by Gasteiger charge is -2.17. The SMILES string of the molecule is Cc1cccc(-c2cccc(OCCCN3CCCC3)c2C)c1C. The molecule has 0 aliphatic carbocycles. The largest absolute Gasteiger partial charge is 0.493 e. The second kappa shape index (κ2) is 7.85. The Labute approximate surface area is 146 Å². The van der Waals surface area contributed by atoms with Crippen LogP contribution in [0.2, 0.25) is 0 Å². The maximum Gasteiger partial charge on any atom is 0.122 e. The van der Waals surface area contributed by atoms with Gasteiger partial charge in [-0.25, -0.2) is 0 Å². The maximum atomic E-state index is 6.10. The van der Waals surface area contributed by atoms with Crippen molar-refractivity contribution in [2.75, 3.05) is 26.2 Å². The van der Waals surface area contributed by atoms with Crippen LogP contribution >= 0.6 is 0 Å². The van der Waals surface area contributed by atoms with Crippen molar-refractivity contribution in [3.8, 4) is 16.9 Å². The van der Waals surface area contributed by atoms with Crippen molar-refractivity contribution in [3.05, 3.63) is 53.1 Å². The van der Waals surface area contributed by atoms with E-state index in [4.69, 9.17) is 4.74 Å². The summed E-state index contributed by atoms with van der Waals surface area (Å²) in [6, 6.07) is 12.9. The average Bonchev–Trinajstić information content (AvgIpc) is 3.09. The Morgan fingerprint density at radius 3 is 2.29 bits per heavy atom. The average molecular weight is 323 g/mol. The van der Waals surface area contributed by atoms with E-state index >= 15 is 0 Å². The summed E-state index contributed by atoms with van der Waals surface area (Å²) in [6.07, 6.45) is 3.82. The van der Waals surface area contributed by atoms with Crippen LogP contribution in [0.15, 0.2) is 36.4 Å². The van der Waals surface area contributed by atoms with Crippen LogP contribution in [0.25, 0.3) is 11.1 Å². The Morgan fingerprint density at radius 1 is 0.875 bits per heavy atom. The van der Waals surface area contributed by atoms with E-state index in [1.54, 1.807) is 0 Å². The number of benzene rings is 2. The monoisotopic (exact) mass is 323 g/mol. The molecule has 0 saturated carbocycles. The molecule has 0 aromatic heterocycles. The zero-order chi connectivity index (χ0) is 16.9. The quantitative estimate of drug-likeness (QED) is 0.682. The Hall–Kier alpha value is -1.80. The molecule has 0 spiro atoms. The fraction of sp³-hybridized carbons (Fsp3) is 0.455. The molecular weight excluding hydrogens is 294 g/mol. The van der Waals surface area contributed by atoms with Gasteiger partial charge in [-0.05, 0) is 87.0 Å². The van der Waals surface area contributed by atoms with E-state index < -0.39 is 0 Å². The van der Waals surface area contributed by atoms with Gasteiger partial charge in [-0.1, -0.05) is 30.3 Å². The van der Waals surface area contributed by atoms with Gasteiger partial charge in [0.15, 0.2) is 0 Å². The molecule has 1 aliphatic rings. The molecule has 0 atom stereocenters. The number of aryl methyl sites for hydroxylation is 1. The molecule has 0 N–H and O–H groups in total. The number of hydrogen-bond acceptors (Lipinski definition) is 2. The molecule has 3 rings (SSSR count). The minimum atomic E-state index is 0.799. The van der Waals surface area contributed by atoms with Crippen LogP contribution < -0.4 is 4.74 Å². The molecule has 1 aliphatic heterocycles. The number of rotatable bonds is 6. The highest BCUT2D eigenvalue weighted by Gasteiger charge is 2.12. The zero-order valence-electron chi connectivity index (χ0n) is 15.3. The standard InChI is InChI=1S/C22H29NO/c1-17-9-6-10-20(18(17)2)21-11-7-12-22(19(21)3)24-16-8-15-23-13-4-5-14-23/h6-7,9-12H,4-5,8,13-16H2,1-3H3. The molecule has 24 heavy (non-hydrogen) atoms. The molecule has 0 amide bonds. The summed E-state index contributed by atoms with van der Waals surface area (Å²) < 4.78 is 6.10. The van der Waals surface area contributed by atoms with E-state index in [-0.39, 0.29) is 0 Å². The summed E-state index contributed by atoms with van der Waals surface area (Å²) in [5, 5.41) is 0. The second-order valence-electron chi connectivity index (χ2n) is 6.93. The summed E-state index contributed by atoms with van der Waals surface area (Å²) in [6.45, 7) is 11.0. The molecule has 1 saturated heterocycles. The van der Waals surface area contributed by atoms with Crippen LogP contribution in [0.1, 0.15) is 36.0 Å². The number of ether oxygens (including phenoxy) is 1. The van der Waals surface area contributed by atoms with Crippen molar-refractivity contribution in [2.45, 2.75) is 40.0 Å². The first-order valence-corrected chi connectivity index (χ1v) is 9.18. The van der Waals surface area contributed by atoms with Gasteiger partial charge in [-0.3, -0.25) is 0 Å². The molecule has 2 aromatic carbocycles. The zero-order valence-corrected chi connectivity index (χ0v) is 15.3. The van der Waals surface area contributed by atoms with E-state index in [0.717, 1.165) is 25.3 Å². The Bertz CT molecular complexity index is 686. The summed E-state index contributed by atoms with van der Waals surface area (Å²) in [5.74, 6) is 1.02. The second-order valence-corrected chi connectivity index (χ2v) is 6.93.